The Balaban J connectivity index is 2.13. The average molecular weight is 357 g/mol. The highest BCUT2D eigenvalue weighted by Crippen LogP contribution is 2.26. The number of rotatable bonds is 9. The Kier molecular flexibility index (Phi) is 7.54. The summed E-state index contributed by atoms with van der Waals surface area (Å²) in [7, 11) is 0. The summed E-state index contributed by atoms with van der Waals surface area (Å²) in [5.74, 6) is -0.681. The third-order valence-corrected chi connectivity index (χ3v) is 4.67. The van der Waals surface area contributed by atoms with Crippen molar-refractivity contribution in [3.8, 4) is 11.1 Å². The number of hydrogen-bond donors (Lipinski definition) is 0. The number of carbonyl (C=O) groups is 2. The lowest BCUT2D eigenvalue weighted by Crippen LogP contribution is -2.14. The molecule has 0 aliphatic rings. The lowest BCUT2D eigenvalue weighted by Gasteiger charge is -2.03. The Bertz CT molecular complexity index is 734. The summed E-state index contributed by atoms with van der Waals surface area (Å²) in [4.78, 5) is 29.1. The summed E-state index contributed by atoms with van der Waals surface area (Å²) in [6, 6.07) is 11.8. The Morgan fingerprint density at radius 3 is 2.52 bits per heavy atom. The molecule has 0 fully saturated rings. The van der Waals surface area contributed by atoms with E-state index in [1.54, 1.807) is 0 Å². The van der Waals surface area contributed by atoms with Crippen molar-refractivity contribution in [3.63, 3.8) is 0 Å². The first-order valence-electron chi connectivity index (χ1n) is 8.55. The molecule has 1 heterocycles. The van der Waals surface area contributed by atoms with Crippen LogP contribution in [0.4, 0.5) is 0 Å². The molecule has 2 aromatic rings. The van der Waals surface area contributed by atoms with Crippen LogP contribution in [0.3, 0.4) is 0 Å². The van der Waals surface area contributed by atoms with E-state index in [4.69, 9.17) is 4.84 Å². The molecule has 2 rings (SSSR count). The summed E-state index contributed by atoms with van der Waals surface area (Å²) in [5, 5.41) is 5.76. The van der Waals surface area contributed by atoms with Crippen LogP contribution in [0.15, 0.2) is 46.9 Å². The maximum atomic E-state index is 12.8. The van der Waals surface area contributed by atoms with Crippen molar-refractivity contribution < 1.29 is 14.4 Å². The van der Waals surface area contributed by atoms with Crippen molar-refractivity contribution in [2.75, 3.05) is 0 Å². The Hall–Kier alpha value is -2.27. The maximum Gasteiger partial charge on any atom is 0.331 e. The van der Waals surface area contributed by atoms with Crippen LogP contribution in [0, 0.1) is 0 Å². The molecule has 0 saturated heterocycles. The number of hydrogen-bond acceptors (Lipinski definition) is 5. The molecule has 0 amide bonds. The third kappa shape index (κ3) is 5.94. The van der Waals surface area contributed by atoms with E-state index in [-0.39, 0.29) is 5.78 Å². The zero-order chi connectivity index (χ0) is 18.1. The second-order valence-corrected chi connectivity index (χ2v) is 6.74. The van der Waals surface area contributed by atoms with Gasteiger partial charge < -0.3 is 4.84 Å². The number of Topliss-reactive ketones (excluding diaryl/α,β-unsaturated/α-hetero) is 1. The van der Waals surface area contributed by atoms with Crippen molar-refractivity contribution in [2.24, 2.45) is 5.16 Å². The standard InChI is InChI=1S/C20H23NO3S/c1-3-4-5-9-12-18(21-24-15(2)22)20(23)19-13-17(14-25-19)16-10-7-6-8-11-16/h6-8,10-11,13-14H,3-5,9,12H2,1-2H3. The molecular formula is C20H23NO3S. The van der Waals surface area contributed by atoms with E-state index in [0.717, 1.165) is 36.8 Å². The predicted octanol–water partition coefficient (Wildman–Crippen LogP) is 5.49. The molecule has 0 aliphatic carbocycles. The van der Waals surface area contributed by atoms with Crippen LogP contribution >= 0.6 is 11.3 Å². The van der Waals surface area contributed by atoms with Crippen molar-refractivity contribution in [1.82, 2.24) is 0 Å². The van der Waals surface area contributed by atoms with E-state index in [2.05, 4.69) is 12.1 Å². The SMILES string of the molecule is CCCCCCC(=NOC(C)=O)C(=O)c1cc(-c2ccccc2)cs1. The fourth-order valence-corrected chi connectivity index (χ4v) is 3.30. The van der Waals surface area contributed by atoms with Gasteiger partial charge in [-0.1, -0.05) is 61.7 Å². The van der Waals surface area contributed by atoms with E-state index >= 15 is 0 Å². The minimum atomic E-state index is -0.519. The van der Waals surface area contributed by atoms with Crippen LogP contribution in [0.25, 0.3) is 11.1 Å². The molecule has 0 atom stereocenters. The number of benzene rings is 1. The first-order chi connectivity index (χ1) is 12.1. The van der Waals surface area contributed by atoms with Crippen molar-refractivity contribution in [3.05, 3.63) is 46.7 Å². The molecule has 0 unspecified atom stereocenters. The second kappa shape index (κ2) is 9.89. The van der Waals surface area contributed by atoms with Gasteiger partial charge in [-0.25, -0.2) is 4.79 Å². The highest BCUT2D eigenvalue weighted by Gasteiger charge is 2.18. The largest absolute Gasteiger partial charge is 0.331 e. The fraction of sp³-hybridized carbons (Fsp3) is 0.350. The number of unbranched alkanes of at least 4 members (excludes halogenated alkanes) is 3. The Morgan fingerprint density at radius 1 is 1.08 bits per heavy atom. The van der Waals surface area contributed by atoms with Gasteiger partial charge in [0.2, 0.25) is 5.78 Å². The summed E-state index contributed by atoms with van der Waals surface area (Å²) in [6.07, 6.45) is 4.64. The summed E-state index contributed by atoms with van der Waals surface area (Å²) in [6.45, 7) is 3.41. The van der Waals surface area contributed by atoms with Crippen LogP contribution in [-0.4, -0.2) is 17.5 Å². The quantitative estimate of drug-likeness (QED) is 0.196. The first kappa shape index (κ1) is 19.1. The smallest absolute Gasteiger partial charge is 0.318 e. The van der Waals surface area contributed by atoms with Crippen LogP contribution in [0.1, 0.15) is 55.6 Å². The van der Waals surface area contributed by atoms with Crippen LogP contribution in [0.2, 0.25) is 0 Å². The van der Waals surface area contributed by atoms with Crippen molar-refractivity contribution >= 4 is 28.8 Å². The molecule has 25 heavy (non-hydrogen) atoms. The van der Waals surface area contributed by atoms with Gasteiger partial charge in [-0.3, -0.25) is 4.79 Å². The van der Waals surface area contributed by atoms with Crippen LogP contribution in [0.5, 0.6) is 0 Å². The minimum Gasteiger partial charge on any atom is -0.318 e. The highest BCUT2D eigenvalue weighted by atomic mass is 32.1. The van der Waals surface area contributed by atoms with Gasteiger partial charge in [0, 0.05) is 6.92 Å². The van der Waals surface area contributed by atoms with Crippen LogP contribution in [-0.2, 0) is 9.63 Å². The molecule has 0 radical (unpaired) electrons. The molecule has 132 valence electrons. The van der Waals surface area contributed by atoms with Gasteiger partial charge in [0.05, 0.1) is 4.88 Å². The zero-order valence-electron chi connectivity index (χ0n) is 14.7. The molecule has 0 bridgehead atoms. The second-order valence-electron chi connectivity index (χ2n) is 5.83. The van der Waals surface area contributed by atoms with Gasteiger partial charge in [-0.05, 0) is 35.4 Å². The Labute approximate surface area is 152 Å². The normalized spacial score (nSPS) is 11.4. The van der Waals surface area contributed by atoms with Crippen molar-refractivity contribution in [1.29, 1.82) is 0 Å². The van der Waals surface area contributed by atoms with Gasteiger partial charge >= 0.3 is 5.97 Å². The van der Waals surface area contributed by atoms with E-state index in [9.17, 15) is 9.59 Å². The molecule has 4 nitrogen and oxygen atoms in total. The van der Waals surface area contributed by atoms with Gasteiger partial charge in [-0.15, -0.1) is 11.3 Å². The topological polar surface area (TPSA) is 55.7 Å². The monoisotopic (exact) mass is 357 g/mol. The number of carbonyl (C=O) groups excluding carboxylic acids is 2. The third-order valence-electron chi connectivity index (χ3n) is 3.74. The number of oxime groups is 1. The van der Waals surface area contributed by atoms with Gasteiger partial charge in [0.15, 0.2) is 0 Å². The summed E-state index contributed by atoms with van der Waals surface area (Å²) < 4.78 is 0. The van der Waals surface area contributed by atoms with E-state index < -0.39 is 5.97 Å². The molecule has 0 saturated carbocycles. The van der Waals surface area contributed by atoms with Crippen molar-refractivity contribution in [2.45, 2.75) is 46.0 Å². The highest BCUT2D eigenvalue weighted by molar-refractivity contribution is 7.13. The Morgan fingerprint density at radius 2 is 1.84 bits per heavy atom. The molecule has 0 spiro atoms. The van der Waals surface area contributed by atoms with Crippen LogP contribution < -0.4 is 0 Å². The zero-order valence-corrected chi connectivity index (χ0v) is 15.5. The van der Waals surface area contributed by atoms with Gasteiger partial charge in [0.1, 0.15) is 5.71 Å². The summed E-state index contributed by atoms with van der Waals surface area (Å²) in [5.41, 5.74) is 2.39. The maximum absolute atomic E-state index is 12.8. The molecule has 0 N–H and O–H groups in total. The lowest BCUT2D eigenvalue weighted by atomic mass is 10.0. The molecule has 1 aromatic carbocycles. The fourth-order valence-electron chi connectivity index (χ4n) is 2.42. The van der Waals surface area contributed by atoms with E-state index in [0.29, 0.717) is 17.0 Å². The molecule has 5 heteroatoms. The average Bonchev–Trinajstić information content (AvgIpc) is 3.11. The molecule has 0 aliphatic heterocycles. The van der Waals surface area contributed by atoms with Gasteiger partial charge in [-0.2, -0.15) is 0 Å². The lowest BCUT2D eigenvalue weighted by molar-refractivity contribution is -0.140. The predicted molar refractivity (Wildman–Crippen MR) is 102 cm³/mol. The first-order valence-corrected chi connectivity index (χ1v) is 9.43. The van der Waals surface area contributed by atoms with E-state index in [1.165, 1.54) is 18.3 Å². The summed E-state index contributed by atoms with van der Waals surface area (Å²) >= 11 is 1.39. The molecular weight excluding hydrogens is 334 g/mol. The number of nitrogens with zero attached hydrogens (tertiary/aromatic N) is 1. The minimum absolute atomic E-state index is 0.162. The number of thiophene rings is 1. The van der Waals surface area contributed by atoms with E-state index in [1.807, 2.05) is 41.8 Å². The molecule has 1 aromatic heterocycles. The number of ketones is 1. The van der Waals surface area contributed by atoms with Gasteiger partial charge in [0.25, 0.3) is 0 Å².